The van der Waals surface area contributed by atoms with Crippen LogP contribution in [0.2, 0.25) is 0 Å². The van der Waals surface area contributed by atoms with Crippen molar-refractivity contribution in [2.24, 2.45) is 0 Å². The minimum atomic E-state index is -3.63. The SMILES string of the molecule is C#CCCN(C/C=C\C(C)OC(C)=O)S(=O)(=O)c1ccc(C)cc1. The number of carbonyl (C=O) groups excluding carboxylic acids is 1. The third kappa shape index (κ3) is 6.19. The molecule has 0 N–H and O–H groups in total. The molecule has 6 heteroatoms. The topological polar surface area (TPSA) is 63.7 Å². The second-order valence-electron chi connectivity index (χ2n) is 5.37. The first-order valence-electron chi connectivity index (χ1n) is 7.61. The van der Waals surface area contributed by atoms with Crippen LogP contribution in [0.15, 0.2) is 41.3 Å². The van der Waals surface area contributed by atoms with E-state index in [0.29, 0.717) is 6.42 Å². The van der Waals surface area contributed by atoms with Gasteiger partial charge >= 0.3 is 5.97 Å². The Kier molecular flexibility index (Phi) is 7.69. The van der Waals surface area contributed by atoms with E-state index < -0.39 is 16.1 Å². The third-order valence-corrected chi connectivity index (χ3v) is 5.11. The zero-order valence-electron chi connectivity index (χ0n) is 14.2. The first-order chi connectivity index (χ1) is 11.3. The second kappa shape index (κ2) is 9.26. The normalized spacial score (nSPS) is 13.0. The van der Waals surface area contributed by atoms with E-state index >= 15 is 0 Å². The summed E-state index contributed by atoms with van der Waals surface area (Å²) in [7, 11) is -3.63. The molecule has 1 atom stereocenters. The predicted octanol–water partition coefficient (Wildman–Crippen LogP) is 2.52. The van der Waals surface area contributed by atoms with E-state index in [9.17, 15) is 13.2 Å². The predicted molar refractivity (Wildman–Crippen MR) is 93.8 cm³/mol. The van der Waals surface area contributed by atoms with Crippen molar-refractivity contribution in [2.75, 3.05) is 13.1 Å². The van der Waals surface area contributed by atoms with Gasteiger partial charge in [0.05, 0.1) is 4.90 Å². The van der Waals surface area contributed by atoms with E-state index in [4.69, 9.17) is 11.2 Å². The lowest BCUT2D eigenvalue weighted by molar-refractivity contribution is -0.143. The van der Waals surface area contributed by atoms with Crippen LogP contribution in [0.25, 0.3) is 0 Å². The maximum absolute atomic E-state index is 12.7. The van der Waals surface area contributed by atoms with E-state index in [2.05, 4.69) is 5.92 Å². The molecule has 0 heterocycles. The summed E-state index contributed by atoms with van der Waals surface area (Å²) in [6.07, 6.45) is 8.47. The van der Waals surface area contributed by atoms with Crippen LogP contribution in [-0.4, -0.2) is 37.9 Å². The molecule has 5 nitrogen and oxygen atoms in total. The lowest BCUT2D eigenvalue weighted by Gasteiger charge is -2.20. The fraction of sp³-hybridized carbons (Fsp3) is 0.389. The third-order valence-electron chi connectivity index (χ3n) is 3.23. The summed E-state index contributed by atoms with van der Waals surface area (Å²) >= 11 is 0. The van der Waals surface area contributed by atoms with Crippen LogP contribution >= 0.6 is 0 Å². The number of benzene rings is 1. The lowest BCUT2D eigenvalue weighted by Crippen LogP contribution is -2.32. The number of ether oxygens (including phenoxy) is 1. The lowest BCUT2D eigenvalue weighted by atomic mass is 10.2. The molecule has 0 aromatic heterocycles. The van der Waals surface area contributed by atoms with Crippen LogP contribution in [0.3, 0.4) is 0 Å². The van der Waals surface area contributed by atoms with Gasteiger partial charge < -0.3 is 4.74 Å². The first-order valence-corrected chi connectivity index (χ1v) is 9.05. The Morgan fingerprint density at radius 2 is 2.00 bits per heavy atom. The first kappa shape index (κ1) is 19.9. The number of aryl methyl sites for hydroxylation is 1. The van der Waals surface area contributed by atoms with Gasteiger partial charge in [0.25, 0.3) is 0 Å². The number of hydrogen-bond acceptors (Lipinski definition) is 4. The highest BCUT2D eigenvalue weighted by atomic mass is 32.2. The van der Waals surface area contributed by atoms with Crippen molar-refractivity contribution in [1.82, 2.24) is 4.31 Å². The highest BCUT2D eigenvalue weighted by Crippen LogP contribution is 2.16. The number of terminal acetylenes is 1. The fourth-order valence-electron chi connectivity index (χ4n) is 2.03. The Hall–Kier alpha value is -2.10. The summed E-state index contributed by atoms with van der Waals surface area (Å²) in [5, 5.41) is 0. The molecule has 0 spiro atoms. The average Bonchev–Trinajstić information content (AvgIpc) is 2.50. The van der Waals surface area contributed by atoms with Crippen LogP contribution in [0.5, 0.6) is 0 Å². The number of esters is 1. The summed E-state index contributed by atoms with van der Waals surface area (Å²) in [4.78, 5) is 11.1. The standard InChI is InChI=1S/C18H23NO4S/c1-5-6-13-19(14-7-8-16(3)23-17(4)20)24(21,22)18-11-9-15(2)10-12-18/h1,7-12,16H,6,13-14H2,2-4H3/b8-7-. The van der Waals surface area contributed by atoms with Crippen molar-refractivity contribution < 1.29 is 17.9 Å². The monoisotopic (exact) mass is 349 g/mol. The Morgan fingerprint density at radius 3 is 2.54 bits per heavy atom. The van der Waals surface area contributed by atoms with Gasteiger partial charge in [-0.05, 0) is 32.1 Å². The smallest absolute Gasteiger partial charge is 0.303 e. The number of sulfonamides is 1. The number of rotatable bonds is 8. The molecule has 0 saturated heterocycles. The van der Waals surface area contributed by atoms with E-state index in [1.165, 1.54) is 11.2 Å². The number of nitrogens with zero attached hydrogens (tertiary/aromatic N) is 1. The van der Waals surface area contributed by atoms with Gasteiger partial charge in [-0.25, -0.2) is 8.42 Å². The van der Waals surface area contributed by atoms with Crippen molar-refractivity contribution in [3.63, 3.8) is 0 Å². The molecule has 1 aromatic carbocycles. The molecule has 24 heavy (non-hydrogen) atoms. The van der Waals surface area contributed by atoms with Crippen molar-refractivity contribution >= 4 is 16.0 Å². The van der Waals surface area contributed by atoms with Crippen LogP contribution in [0, 0.1) is 19.3 Å². The molecule has 1 unspecified atom stereocenters. The zero-order valence-corrected chi connectivity index (χ0v) is 15.0. The molecule has 0 aliphatic heterocycles. The molecular formula is C18H23NO4S. The van der Waals surface area contributed by atoms with Gasteiger partial charge in [-0.3, -0.25) is 4.79 Å². The summed E-state index contributed by atoms with van der Waals surface area (Å²) in [5.74, 6) is 2.07. The van der Waals surface area contributed by atoms with Gasteiger partial charge in [-0.1, -0.05) is 23.8 Å². The minimum Gasteiger partial charge on any atom is -0.459 e. The van der Waals surface area contributed by atoms with Gasteiger partial charge in [-0.2, -0.15) is 4.31 Å². The van der Waals surface area contributed by atoms with Crippen LogP contribution in [0.1, 0.15) is 25.8 Å². The highest BCUT2D eigenvalue weighted by Gasteiger charge is 2.22. The summed E-state index contributed by atoms with van der Waals surface area (Å²) in [5.41, 5.74) is 0.985. The summed E-state index contributed by atoms with van der Waals surface area (Å²) < 4.78 is 31.8. The molecule has 0 amide bonds. The van der Waals surface area contributed by atoms with Gasteiger partial charge in [-0.15, -0.1) is 12.3 Å². The molecule has 0 fully saturated rings. The largest absolute Gasteiger partial charge is 0.459 e. The van der Waals surface area contributed by atoms with Crippen LogP contribution < -0.4 is 0 Å². The van der Waals surface area contributed by atoms with Gasteiger partial charge in [0.1, 0.15) is 6.10 Å². The van der Waals surface area contributed by atoms with Crippen molar-refractivity contribution in [3.05, 3.63) is 42.0 Å². The molecule has 0 aliphatic carbocycles. The summed E-state index contributed by atoms with van der Waals surface area (Å²) in [6, 6.07) is 6.67. The quantitative estimate of drug-likeness (QED) is 0.411. The Balaban J connectivity index is 2.91. The maximum atomic E-state index is 12.7. The Morgan fingerprint density at radius 1 is 1.38 bits per heavy atom. The number of carbonyl (C=O) groups is 1. The summed E-state index contributed by atoms with van der Waals surface area (Å²) in [6.45, 7) is 5.30. The highest BCUT2D eigenvalue weighted by molar-refractivity contribution is 7.89. The molecule has 0 radical (unpaired) electrons. The molecule has 0 saturated carbocycles. The van der Waals surface area contributed by atoms with Crippen LogP contribution in [0.4, 0.5) is 0 Å². The van der Waals surface area contributed by atoms with E-state index in [1.807, 2.05) is 6.92 Å². The van der Waals surface area contributed by atoms with E-state index in [-0.39, 0.29) is 24.0 Å². The molecule has 0 aliphatic rings. The molecule has 1 rings (SSSR count). The Bertz CT molecular complexity index is 714. The van der Waals surface area contributed by atoms with Gasteiger partial charge in [0, 0.05) is 26.4 Å². The minimum absolute atomic E-state index is 0.156. The molecule has 130 valence electrons. The maximum Gasteiger partial charge on any atom is 0.303 e. The fourth-order valence-corrected chi connectivity index (χ4v) is 3.42. The molecule has 1 aromatic rings. The number of hydrogen-bond donors (Lipinski definition) is 0. The Labute approximate surface area is 144 Å². The van der Waals surface area contributed by atoms with Crippen molar-refractivity contribution in [2.45, 2.75) is 38.2 Å². The molecular weight excluding hydrogens is 326 g/mol. The van der Waals surface area contributed by atoms with Crippen molar-refractivity contribution in [3.8, 4) is 12.3 Å². The average molecular weight is 349 g/mol. The second-order valence-corrected chi connectivity index (χ2v) is 7.31. The van der Waals surface area contributed by atoms with Gasteiger partial charge in [0.15, 0.2) is 0 Å². The van der Waals surface area contributed by atoms with Gasteiger partial charge in [0.2, 0.25) is 10.0 Å². The van der Waals surface area contributed by atoms with Crippen LogP contribution in [-0.2, 0) is 19.6 Å². The molecule has 0 bridgehead atoms. The van der Waals surface area contributed by atoms with E-state index in [0.717, 1.165) is 5.56 Å². The zero-order chi connectivity index (χ0) is 18.2. The van der Waals surface area contributed by atoms with Crippen molar-refractivity contribution in [1.29, 1.82) is 0 Å². The van der Waals surface area contributed by atoms with E-state index in [1.54, 1.807) is 43.3 Å².